The van der Waals surface area contributed by atoms with Gasteiger partial charge in [0.2, 0.25) is 5.95 Å². The maximum Gasteiger partial charge on any atom is 0.269 e. The second-order valence-corrected chi connectivity index (χ2v) is 7.17. The first kappa shape index (κ1) is 19.0. The number of likely N-dealkylation sites (N-methyl/N-ethyl adjacent to an activating group) is 1. The zero-order chi connectivity index (χ0) is 19.4. The molecule has 27 heavy (non-hydrogen) atoms. The fourth-order valence-electron chi connectivity index (χ4n) is 3.39. The van der Waals surface area contributed by atoms with E-state index in [2.05, 4.69) is 26.8 Å². The van der Waals surface area contributed by atoms with Gasteiger partial charge in [-0.05, 0) is 31.0 Å². The van der Waals surface area contributed by atoms with Crippen LogP contribution in [0.4, 0.5) is 17.5 Å². The molecular weight excluding hydrogens is 344 g/mol. The number of nitro groups is 1. The SMILES string of the molecule is CN(C)c1ccnc(N(C)C2CCCN(Cc3ccc([N+](=O)[O-])cc3)C2)n1. The summed E-state index contributed by atoms with van der Waals surface area (Å²) in [5.41, 5.74) is 1.22. The summed E-state index contributed by atoms with van der Waals surface area (Å²) in [4.78, 5) is 26.0. The molecule has 1 aromatic carbocycles. The summed E-state index contributed by atoms with van der Waals surface area (Å²) < 4.78 is 0. The molecule has 0 spiro atoms. The smallest absolute Gasteiger partial charge is 0.269 e. The number of nitrogens with zero attached hydrogens (tertiary/aromatic N) is 6. The Hall–Kier alpha value is -2.74. The first-order valence-electron chi connectivity index (χ1n) is 9.13. The lowest BCUT2D eigenvalue weighted by molar-refractivity contribution is -0.384. The van der Waals surface area contributed by atoms with Crippen molar-refractivity contribution in [3.8, 4) is 0 Å². The minimum Gasteiger partial charge on any atom is -0.363 e. The van der Waals surface area contributed by atoms with E-state index in [1.165, 1.54) is 0 Å². The highest BCUT2D eigenvalue weighted by Crippen LogP contribution is 2.22. The van der Waals surface area contributed by atoms with E-state index in [4.69, 9.17) is 0 Å². The summed E-state index contributed by atoms with van der Waals surface area (Å²) in [6.45, 7) is 2.74. The standard InChI is InChI=1S/C19H26N6O2/c1-22(2)18-10-11-20-19(21-18)23(3)17-5-4-12-24(14-17)13-15-6-8-16(9-7-15)25(26)27/h6-11,17H,4-5,12-14H2,1-3H3. The molecule has 2 heterocycles. The summed E-state index contributed by atoms with van der Waals surface area (Å²) in [6.07, 6.45) is 4.00. The number of rotatable bonds is 6. The van der Waals surface area contributed by atoms with E-state index in [0.717, 1.165) is 49.8 Å². The van der Waals surface area contributed by atoms with Crippen LogP contribution in [0.15, 0.2) is 36.5 Å². The molecule has 0 aliphatic carbocycles. The fourth-order valence-corrected chi connectivity index (χ4v) is 3.39. The summed E-state index contributed by atoms with van der Waals surface area (Å²) >= 11 is 0. The molecule has 1 aliphatic heterocycles. The van der Waals surface area contributed by atoms with Crippen LogP contribution in [0, 0.1) is 10.1 Å². The molecule has 1 unspecified atom stereocenters. The van der Waals surface area contributed by atoms with Crippen LogP contribution in [-0.2, 0) is 6.54 Å². The molecule has 8 heteroatoms. The molecule has 1 atom stereocenters. The summed E-state index contributed by atoms with van der Waals surface area (Å²) in [5, 5.41) is 10.8. The number of benzene rings is 1. The van der Waals surface area contributed by atoms with Crippen molar-refractivity contribution in [2.45, 2.75) is 25.4 Å². The van der Waals surface area contributed by atoms with Gasteiger partial charge in [0.05, 0.1) is 4.92 Å². The minimum absolute atomic E-state index is 0.132. The van der Waals surface area contributed by atoms with Crippen LogP contribution in [0.3, 0.4) is 0 Å². The average molecular weight is 370 g/mol. The van der Waals surface area contributed by atoms with Crippen molar-refractivity contribution in [2.24, 2.45) is 0 Å². The number of anilines is 2. The Bertz CT molecular complexity index is 780. The van der Waals surface area contributed by atoms with E-state index >= 15 is 0 Å². The molecule has 1 aromatic heterocycles. The zero-order valence-corrected chi connectivity index (χ0v) is 16.1. The average Bonchev–Trinajstić information content (AvgIpc) is 2.68. The Kier molecular flexibility index (Phi) is 5.85. The van der Waals surface area contributed by atoms with Gasteiger partial charge in [0.1, 0.15) is 5.82 Å². The highest BCUT2D eigenvalue weighted by molar-refractivity contribution is 5.42. The van der Waals surface area contributed by atoms with Crippen LogP contribution in [-0.4, -0.2) is 60.1 Å². The van der Waals surface area contributed by atoms with Gasteiger partial charge in [0.25, 0.3) is 5.69 Å². The van der Waals surface area contributed by atoms with Gasteiger partial charge in [-0.15, -0.1) is 0 Å². The molecule has 0 bridgehead atoms. The Morgan fingerprint density at radius 2 is 1.96 bits per heavy atom. The van der Waals surface area contributed by atoms with E-state index in [9.17, 15) is 10.1 Å². The van der Waals surface area contributed by atoms with Crippen molar-refractivity contribution in [3.05, 3.63) is 52.2 Å². The van der Waals surface area contributed by atoms with Crippen molar-refractivity contribution in [1.82, 2.24) is 14.9 Å². The lowest BCUT2D eigenvalue weighted by Crippen LogP contribution is -2.46. The third-order valence-electron chi connectivity index (χ3n) is 4.98. The van der Waals surface area contributed by atoms with Crippen LogP contribution in [0.25, 0.3) is 0 Å². The van der Waals surface area contributed by atoms with E-state index in [-0.39, 0.29) is 10.6 Å². The summed E-state index contributed by atoms with van der Waals surface area (Å²) in [7, 11) is 5.99. The maximum absolute atomic E-state index is 10.8. The second kappa shape index (κ2) is 8.30. The number of nitro benzene ring substituents is 1. The van der Waals surface area contributed by atoms with Crippen molar-refractivity contribution in [2.75, 3.05) is 44.0 Å². The number of hydrogen-bond acceptors (Lipinski definition) is 7. The fraction of sp³-hybridized carbons (Fsp3) is 0.474. The Morgan fingerprint density at radius 3 is 2.63 bits per heavy atom. The second-order valence-electron chi connectivity index (χ2n) is 7.17. The van der Waals surface area contributed by atoms with Gasteiger partial charge in [0.15, 0.2) is 0 Å². The molecule has 8 nitrogen and oxygen atoms in total. The van der Waals surface area contributed by atoms with Crippen LogP contribution >= 0.6 is 0 Å². The van der Waals surface area contributed by atoms with Gasteiger partial charge < -0.3 is 9.80 Å². The van der Waals surface area contributed by atoms with Gasteiger partial charge in [-0.1, -0.05) is 12.1 Å². The normalized spacial score (nSPS) is 17.5. The van der Waals surface area contributed by atoms with Gasteiger partial charge in [-0.25, -0.2) is 4.98 Å². The monoisotopic (exact) mass is 370 g/mol. The highest BCUT2D eigenvalue weighted by atomic mass is 16.6. The predicted octanol–water partition coefficient (Wildman–Crippen LogP) is 2.55. The third-order valence-corrected chi connectivity index (χ3v) is 4.98. The molecular formula is C19H26N6O2. The molecule has 0 saturated carbocycles. The first-order chi connectivity index (χ1) is 12.9. The number of likely N-dealkylation sites (tertiary alicyclic amines) is 1. The van der Waals surface area contributed by atoms with Gasteiger partial charge in [-0.2, -0.15) is 4.98 Å². The quantitative estimate of drug-likeness (QED) is 0.571. The minimum atomic E-state index is -0.364. The van der Waals surface area contributed by atoms with E-state index in [1.807, 2.05) is 37.2 Å². The molecule has 1 aliphatic rings. The molecule has 3 rings (SSSR count). The van der Waals surface area contributed by atoms with Crippen molar-refractivity contribution in [3.63, 3.8) is 0 Å². The lowest BCUT2D eigenvalue weighted by atomic mass is 10.0. The Balaban J connectivity index is 1.65. The predicted molar refractivity (Wildman–Crippen MR) is 106 cm³/mol. The molecule has 1 saturated heterocycles. The molecule has 144 valence electrons. The lowest BCUT2D eigenvalue weighted by Gasteiger charge is -2.37. The Morgan fingerprint density at radius 1 is 1.22 bits per heavy atom. The van der Waals surface area contributed by atoms with Crippen molar-refractivity contribution >= 4 is 17.5 Å². The van der Waals surface area contributed by atoms with Crippen molar-refractivity contribution in [1.29, 1.82) is 0 Å². The molecule has 0 N–H and O–H groups in total. The topological polar surface area (TPSA) is 78.6 Å². The van der Waals surface area contributed by atoms with Gasteiger partial charge >= 0.3 is 0 Å². The van der Waals surface area contributed by atoms with Crippen LogP contribution in [0.1, 0.15) is 18.4 Å². The van der Waals surface area contributed by atoms with E-state index in [1.54, 1.807) is 18.3 Å². The van der Waals surface area contributed by atoms with E-state index in [0.29, 0.717) is 6.04 Å². The molecule has 2 aromatic rings. The molecule has 1 fully saturated rings. The zero-order valence-electron chi connectivity index (χ0n) is 16.1. The highest BCUT2D eigenvalue weighted by Gasteiger charge is 2.25. The maximum atomic E-state index is 10.8. The number of hydrogen-bond donors (Lipinski definition) is 0. The summed E-state index contributed by atoms with van der Waals surface area (Å²) in [5.74, 6) is 1.63. The van der Waals surface area contributed by atoms with Gasteiger partial charge in [0, 0.05) is 58.6 Å². The largest absolute Gasteiger partial charge is 0.363 e. The van der Waals surface area contributed by atoms with Gasteiger partial charge in [-0.3, -0.25) is 15.0 Å². The third kappa shape index (κ3) is 4.71. The number of non-ortho nitro benzene ring substituents is 1. The molecule has 0 radical (unpaired) electrons. The Labute approximate surface area is 159 Å². The number of piperidine rings is 1. The molecule has 0 amide bonds. The summed E-state index contributed by atoms with van der Waals surface area (Å²) in [6, 6.07) is 9.07. The first-order valence-corrected chi connectivity index (χ1v) is 9.13. The van der Waals surface area contributed by atoms with Crippen LogP contribution in [0.5, 0.6) is 0 Å². The van der Waals surface area contributed by atoms with Crippen LogP contribution < -0.4 is 9.80 Å². The number of aromatic nitrogens is 2. The van der Waals surface area contributed by atoms with E-state index < -0.39 is 0 Å². The van der Waals surface area contributed by atoms with Crippen molar-refractivity contribution < 1.29 is 4.92 Å². The van der Waals surface area contributed by atoms with Crippen LogP contribution in [0.2, 0.25) is 0 Å².